The summed E-state index contributed by atoms with van der Waals surface area (Å²) in [5, 5.41) is 10.4. The molecule has 0 aliphatic carbocycles. The van der Waals surface area contributed by atoms with E-state index in [2.05, 4.69) is 15.5 Å². The molecule has 0 unspecified atom stereocenters. The Morgan fingerprint density at radius 3 is 2.83 bits per heavy atom. The summed E-state index contributed by atoms with van der Waals surface area (Å²) >= 11 is 12.5. The summed E-state index contributed by atoms with van der Waals surface area (Å²) in [6.07, 6.45) is 1.32. The number of amidine groups is 1. The molecular formula is C10H6Cl2FN3OS. The summed E-state index contributed by atoms with van der Waals surface area (Å²) in [4.78, 5) is 10.9. The van der Waals surface area contributed by atoms with Gasteiger partial charge in [0, 0.05) is 0 Å². The number of nitrogens with one attached hydrogen (secondary N) is 1. The van der Waals surface area contributed by atoms with Crippen LogP contribution in [0.5, 0.6) is 0 Å². The van der Waals surface area contributed by atoms with E-state index >= 15 is 0 Å². The molecule has 1 heterocycles. The van der Waals surface area contributed by atoms with Gasteiger partial charge in [0.05, 0.1) is 22.0 Å². The number of thioether (sulfide) groups is 1. The van der Waals surface area contributed by atoms with E-state index < -0.39 is 5.82 Å². The van der Waals surface area contributed by atoms with Gasteiger partial charge in [0.1, 0.15) is 5.82 Å². The number of hydrogen-bond donors (Lipinski definition) is 1. The lowest BCUT2D eigenvalue weighted by Crippen LogP contribution is -2.19. The van der Waals surface area contributed by atoms with Gasteiger partial charge in [0.15, 0.2) is 5.17 Å². The maximum absolute atomic E-state index is 13.2. The highest BCUT2D eigenvalue weighted by atomic mass is 35.5. The Hall–Kier alpha value is -1.11. The van der Waals surface area contributed by atoms with Crippen LogP contribution >= 0.6 is 35.0 Å². The molecule has 0 saturated carbocycles. The van der Waals surface area contributed by atoms with Crippen molar-refractivity contribution >= 4 is 52.3 Å². The number of benzene rings is 1. The Morgan fingerprint density at radius 2 is 2.22 bits per heavy atom. The maximum Gasteiger partial charge on any atom is 0.236 e. The zero-order valence-electron chi connectivity index (χ0n) is 8.78. The minimum atomic E-state index is -0.623. The van der Waals surface area contributed by atoms with E-state index in [4.69, 9.17) is 23.2 Å². The van der Waals surface area contributed by atoms with Gasteiger partial charge in [0.25, 0.3) is 0 Å². The molecular weight excluding hydrogens is 300 g/mol. The quantitative estimate of drug-likeness (QED) is 0.519. The van der Waals surface area contributed by atoms with Crippen LogP contribution in [0.3, 0.4) is 0 Å². The number of halogens is 3. The molecule has 1 aliphatic rings. The minimum Gasteiger partial charge on any atom is -0.303 e. The molecule has 1 saturated heterocycles. The lowest BCUT2D eigenvalue weighted by molar-refractivity contribution is -0.116. The highest BCUT2D eigenvalue weighted by Gasteiger charge is 2.15. The molecule has 8 heteroatoms. The molecule has 0 radical (unpaired) electrons. The molecule has 1 aliphatic heterocycles. The van der Waals surface area contributed by atoms with Gasteiger partial charge in [-0.1, -0.05) is 35.0 Å². The van der Waals surface area contributed by atoms with Crippen LogP contribution in [0.25, 0.3) is 0 Å². The van der Waals surface area contributed by atoms with Gasteiger partial charge in [-0.3, -0.25) is 4.79 Å². The summed E-state index contributed by atoms with van der Waals surface area (Å²) in [6, 6.07) is 2.66. The van der Waals surface area contributed by atoms with Gasteiger partial charge in [-0.05, 0) is 17.7 Å². The van der Waals surface area contributed by atoms with Crippen LogP contribution in [0.4, 0.5) is 4.39 Å². The second kappa shape index (κ2) is 5.69. The first kappa shape index (κ1) is 13.3. The topological polar surface area (TPSA) is 53.8 Å². The molecule has 0 bridgehead atoms. The number of hydrogen-bond acceptors (Lipinski definition) is 4. The van der Waals surface area contributed by atoms with Crippen LogP contribution in [0.15, 0.2) is 22.3 Å². The van der Waals surface area contributed by atoms with Crippen LogP contribution in [0, 0.1) is 5.82 Å². The lowest BCUT2D eigenvalue weighted by atomic mass is 10.2. The SMILES string of the molecule is O=C1CSC(=NN=Cc2cc(F)c(Cl)c(Cl)c2)N1. The van der Waals surface area contributed by atoms with Crippen LogP contribution in [0.2, 0.25) is 10.0 Å². The monoisotopic (exact) mass is 305 g/mol. The highest BCUT2D eigenvalue weighted by Crippen LogP contribution is 2.25. The first-order valence-corrected chi connectivity index (χ1v) is 6.48. The molecule has 1 amide bonds. The van der Waals surface area contributed by atoms with Crippen molar-refractivity contribution < 1.29 is 9.18 Å². The number of nitrogens with zero attached hydrogens (tertiary/aromatic N) is 2. The zero-order valence-corrected chi connectivity index (χ0v) is 11.1. The third kappa shape index (κ3) is 3.22. The van der Waals surface area contributed by atoms with E-state index in [1.165, 1.54) is 30.1 Å². The first-order valence-electron chi connectivity index (χ1n) is 4.74. The summed E-state index contributed by atoms with van der Waals surface area (Å²) in [6.45, 7) is 0. The highest BCUT2D eigenvalue weighted by molar-refractivity contribution is 8.15. The minimum absolute atomic E-state index is 0.106. The Morgan fingerprint density at radius 1 is 1.44 bits per heavy atom. The molecule has 2 rings (SSSR count). The van der Waals surface area contributed by atoms with Crippen molar-refractivity contribution in [3.8, 4) is 0 Å². The molecule has 18 heavy (non-hydrogen) atoms. The largest absolute Gasteiger partial charge is 0.303 e. The van der Waals surface area contributed by atoms with E-state index in [9.17, 15) is 9.18 Å². The molecule has 0 aromatic heterocycles. The zero-order chi connectivity index (χ0) is 13.1. The third-order valence-electron chi connectivity index (χ3n) is 1.95. The molecule has 1 aromatic rings. The third-order valence-corrected chi connectivity index (χ3v) is 3.59. The molecule has 0 spiro atoms. The van der Waals surface area contributed by atoms with Crippen LogP contribution in [0.1, 0.15) is 5.56 Å². The molecule has 0 atom stereocenters. The van der Waals surface area contributed by atoms with E-state index in [0.29, 0.717) is 16.5 Å². The van der Waals surface area contributed by atoms with Gasteiger partial charge in [0.2, 0.25) is 5.91 Å². The first-order chi connectivity index (χ1) is 8.56. The van der Waals surface area contributed by atoms with Crippen molar-refractivity contribution in [2.24, 2.45) is 10.2 Å². The number of carbonyl (C=O) groups is 1. The second-order valence-corrected chi connectivity index (χ2v) is 5.03. The summed E-state index contributed by atoms with van der Waals surface area (Å²) < 4.78 is 13.2. The molecule has 94 valence electrons. The van der Waals surface area contributed by atoms with Crippen LogP contribution < -0.4 is 5.32 Å². The molecule has 1 fully saturated rings. The van der Waals surface area contributed by atoms with E-state index in [0.717, 1.165) is 0 Å². The fourth-order valence-electron chi connectivity index (χ4n) is 1.18. The summed E-state index contributed by atoms with van der Waals surface area (Å²) in [7, 11) is 0. The molecule has 1 aromatic carbocycles. The number of rotatable bonds is 2. The van der Waals surface area contributed by atoms with Crippen molar-refractivity contribution in [3.05, 3.63) is 33.6 Å². The second-order valence-electron chi connectivity index (χ2n) is 3.29. The van der Waals surface area contributed by atoms with E-state index in [1.54, 1.807) is 0 Å². The fourth-order valence-corrected chi connectivity index (χ4v) is 2.13. The normalized spacial score (nSPS) is 17.7. The van der Waals surface area contributed by atoms with Gasteiger partial charge in [-0.25, -0.2) is 4.39 Å². The Balaban J connectivity index is 2.12. The molecule has 1 N–H and O–H groups in total. The van der Waals surface area contributed by atoms with Crippen molar-refractivity contribution in [1.82, 2.24) is 5.32 Å². The standard InChI is InChI=1S/C10H6Cl2FN3OS/c11-6-1-5(2-7(13)9(6)12)3-14-16-10-15-8(17)4-18-10/h1-3H,4H2,(H,15,16,17). The Kier molecular flexibility index (Phi) is 4.21. The van der Waals surface area contributed by atoms with Crippen LogP contribution in [-0.4, -0.2) is 23.0 Å². The number of carbonyl (C=O) groups excluding carboxylic acids is 1. The average Bonchev–Trinajstić information content (AvgIpc) is 2.72. The van der Waals surface area contributed by atoms with Crippen molar-refractivity contribution in [1.29, 1.82) is 0 Å². The van der Waals surface area contributed by atoms with Crippen molar-refractivity contribution in [2.45, 2.75) is 0 Å². The predicted molar refractivity (Wildman–Crippen MR) is 72.0 cm³/mol. The van der Waals surface area contributed by atoms with E-state index in [1.807, 2.05) is 0 Å². The smallest absolute Gasteiger partial charge is 0.236 e. The van der Waals surface area contributed by atoms with Gasteiger partial charge >= 0.3 is 0 Å². The van der Waals surface area contributed by atoms with Crippen molar-refractivity contribution in [2.75, 3.05) is 5.75 Å². The lowest BCUT2D eigenvalue weighted by Gasteiger charge is -1.98. The predicted octanol–water partition coefficient (Wildman–Crippen LogP) is 2.69. The molecule has 4 nitrogen and oxygen atoms in total. The fraction of sp³-hybridized carbons (Fsp3) is 0.100. The summed E-state index contributed by atoms with van der Waals surface area (Å²) in [5.41, 5.74) is 0.431. The van der Waals surface area contributed by atoms with Gasteiger partial charge in [-0.2, -0.15) is 5.10 Å². The van der Waals surface area contributed by atoms with Crippen molar-refractivity contribution in [3.63, 3.8) is 0 Å². The van der Waals surface area contributed by atoms with Gasteiger partial charge < -0.3 is 5.32 Å². The Labute approximate surface area is 116 Å². The average molecular weight is 306 g/mol. The van der Waals surface area contributed by atoms with Crippen LogP contribution in [-0.2, 0) is 4.79 Å². The summed E-state index contributed by atoms with van der Waals surface area (Å²) in [5.74, 6) is -0.410. The maximum atomic E-state index is 13.2. The van der Waals surface area contributed by atoms with Gasteiger partial charge in [-0.15, -0.1) is 5.10 Å². The van der Waals surface area contributed by atoms with E-state index in [-0.39, 0.29) is 16.0 Å². The number of amides is 1. The Bertz CT molecular complexity index is 539.